The predicted molar refractivity (Wildman–Crippen MR) is 31.9 cm³/mol. The van der Waals surface area contributed by atoms with Gasteiger partial charge in [-0.05, 0) is 0 Å². The fraction of sp³-hybridized carbons (Fsp3) is 0.333. The van der Waals surface area contributed by atoms with E-state index in [1.807, 2.05) is 0 Å². The molecule has 0 saturated carbocycles. The Morgan fingerprint density at radius 3 is 2.12 bits per heavy atom. The monoisotopic (exact) mass is 156 g/mol. The molecule has 2 N–H and O–H groups in total. The van der Waals surface area contributed by atoms with Crippen molar-refractivity contribution in [3.8, 4) is 0 Å². The molecule has 0 aromatic carbocycles. The molecular formula is C3H6ClO3P. The molecule has 0 spiro atoms. The Balaban J connectivity index is 4.04. The normalized spacial score (nSPS) is 11.4. The van der Waals surface area contributed by atoms with Crippen molar-refractivity contribution in [2.24, 2.45) is 0 Å². The van der Waals surface area contributed by atoms with E-state index in [9.17, 15) is 4.57 Å². The van der Waals surface area contributed by atoms with Gasteiger partial charge >= 0.3 is 7.60 Å². The van der Waals surface area contributed by atoms with Crippen molar-refractivity contribution in [1.82, 2.24) is 0 Å². The topological polar surface area (TPSA) is 57.5 Å². The van der Waals surface area contributed by atoms with Crippen LogP contribution in [0.25, 0.3) is 0 Å². The van der Waals surface area contributed by atoms with E-state index >= 15 is 0 Å². The highest BCUT2D eigenvalue weighted by Crippen LogP contribution is 2.43. The molecular weight excluding hydrogens is 150 g/mol. The van der Waals surface area contributed by atoms with Crippen LogP contribution >= 0.6 is 19.2 Å². The van der Waals surface area contributed by atoms with Crippen molar-refractivity contribution in [3.05, 3.63) is 11.9 Å². The van der Waals surface area contributed by atoms with E-state index in [2.05, 4.69) is 6.58 Å². The third kappa shape index (κ3) is 2.48. The first kappa shape index (κ1) is 8.18. The lowest BCUT2D eigenvalue weighted by Gasteiger charge is -2.00. The van der Waals surface area contributed by atoms with Crippen molar-refractivity contribution in [2.45, 2.75) is 0 Å². The van der Waals surface area contributed by atoms with Crippen molar-refractivity contribution < 1.29 is 14.4 Å². The summed E-state index contributed by atoms with van der Waals surface area (Å²) in [6.07, 6.45) is 0. The zero-order valence-corrected chi connectivity index (χ0v) is 5.69. The summed E-state index contributed by atoms with van der Waals surface area (Å²) in [7, 11) is -4.08. The Morgan fingerprint density at radius 2 is 2.12 bits per heavy atom. The number of hydrogen-bond acceptors (Lipinski definition) is 1. The molecule has 0 atom stereocenters. The van der Waals surface area contributed by atoms with Gasteiger partial charge in [-0.3, -0.25) is 4.57 Å². The van der Waals surface area contributed by atoms with Crippen LogP contribution in [0, 0.1) is 0 Å². The molecule has 0 aliphatic carbocycles. The van der Waals surface area contributed by atoms with E-state index in [-0.39, 0.29) is 11.2 Å². The van der Waals surface area contributed by atoms with Crippen LogP contribution in [0.3, 0.4) is 0 Å². The molecule has 3 nitrogen and oxygen atoms in total. The van der Waals surface area contributed by atoms with Gasteiger partial charge in [0.2, 0.25) is 0 Å². The molecule has 0 amide bonds. The molecule has 0 aliphatic heterocycles. The fourth-order valence-electron chi connectivity index (χ4n) is 0.0778. The molecule has 0 unspecified atom stereocenters. The summed E-state index contributed by atoms with van der Waals surface area (Å²) >= 11 is 5.04. The van der Waals surface area contributed by atoms with Gasteiger partial charge in [-0.1, -0.05) is 6.58 Å². The summed E-state index contributed by atoms with van der Waals surface area (Å²) < 4.78 is 10.1. The van der Waals surface area contributed by atoms with E-state index in [0.29, 0.717) is 0 Å². The lowest BCUT2D eigenvalue weighted by Crippen LogP contribution is -1.83. The number of hydrogen-bond donors (Lipinski definition) is 2. The van der Waals surface area contributed by atoms with Crippen LogP contribution in [0.5, 0.6) is 0 Å². The van der Waals surface area contributed by atoms with Gasteiger partial charge in [-0.25, -0.2) is 0 Å². The second-order valence-corrected chi connectivity index (χ2v) is 3.23. The molecule has 0 aromatic rings. The van der Waals surface area contributed by atoms with Gasteiger partial charge in [0.05, 0.1) is 5.88 Å². The minimum atomic E-state index is -4.08. The maximum absolute atomic E-state index is 10.1. The Kier molecular flexibility index (Phi) is 2.71. The van der Waals surface area contributed by atoms with Crippen LogP contribution in [-0.4, -0.2) is 15.7 Å². The molecule has 0 aromatic heterocycles. The van der Waals surface area contributed by atoms with Gasteiger partial charge in [0.15, 0.2) is 0 Å². The minimum absolute atomic E-state index is 0.190. The van der Waals surface area contributed by atoms with Crippen molar-refractivity contribution in [2.75, 3.05) is 5.88 Å². The molecule has 0 rings (SSSR count). The van der Waals surface area contributed by atoms with Gasteiger partial charge in [-0.15, -0.1) is 11.6 Å². The summed E-state index contributed by atoms with van der Waals surface area (Å²) in [6, 6.07) is 0. The quantitative estimate of drug-likeness (QED) is 0.462. The number of allylic oxidation sites excluding steroid dienone is 1. The zero-order valence-electron chi connectivity index (χ0n) is 4.04. The van der Waals surface area contributed by atoms with E-state index < -0.39 is 7.60 Å². The lowest BCUT2D eigenvalue weighted by atomic mass is 10.7. The largest absolute Gasteiger partial charge is 0.352 e. The first-order chi connectivity index (χ1) is 3.48. The summed E-state index contributed by atoms with van der Waals surface area (Å²) in [6.45, 7) is 3.05. The second kappa shape index (κ2) is 2.65. The lowest BCUT2D eigenvalue weighted by molar-refractivity contribution is 0.382. The molecule has 48 valence electrons. The van der Waals surface area contributed by atoms with Crippen LogP contribution in [-0.2, 0) is 4.57 Å². The molecule has 8 heavy (non-hydrogen) atoms. The minimum Gasteiger partial charge on any atom is -0.321 e. The van der Waals surface area contributed by atoms with Gasteiger partial charge in [0.1, 0.15) is 0 Å². The van der Waals surface area contributed by atoms with Gasteiger partial charge in [-0.2, -0.15) is 0 Å². The molecule has 0 heterocycles. The first-order valence-corrected chi connectivity index (χ1v) is 3.93. The number of alkyl halides is 1. The zero-order chi connectivity index (χ0) is 6.78. The van der Waals surface area contributed by atoms with Crippen molar-refractivity contribution in [3.63, 3.8) is 0 Å². The highest BCUT2D eigenvalue weighted by atomic mass is 35.5. The number of rotatable bonds is 2. The average molecular weight is 157 g/mol. The standard InChI is InChI=1S/C3H6ClO3P/c1-3(2-4)8(5,6)7/h1-2H2,(H2,5,6,7). The Morgan fingerprint density at radius 1 is 1.75 bits per heavy atom. The average Bonchev–Trinajstić information content (AvgIpc) is 1.62. The summed E-state index contributed by atoms with van der Waals surface area (Å²) in [5.74, 6) is -0.190. The molecule has 0 bridgehead atoms. The van der Waals surface area contributed by atoms with E-state index in [1.54, 1.807) is 0 Å². The highest BCUT2D eigenvalue weighted by molar-refractivity contribution is 7.56. The van der Waals surface area contributed by atoms with Crippen LogP contribution in [0.15, 0.2) is 11.9 Å². The Bertz CT molecular complexity index is 137. The van der Waals surface area contributed by atoms with Gasteiger partial charge in [0, 0.05) is 5.31 Å². The van der Waals surface area contributed by atoms with E-state index in [0.717, 1.165) is 0 Å². The van der Waals surface area contributed by atoms with Crippen LogP contribution in [0.4, 0.5) is 0 Å². The second-order valence-electron chi connectivity index (χ2n) is 1.24. The maximum atomic E-state index is 10.1. The molecule has 0 saturated heterocycles. The fourth-order valence-corrected chi connectivity index (χ4v) is 0.701. The van der Waals surface area contributed by atoms with Crippen molar-refractivity contribution >= 4 is 19.2 Å². The predicted octanol–water partition coefficient (Wildman–Crippen LogP) is 0.917. The smallest absolute Gasteiger partial charge is 0.321 e. The molecule has 0 radical (unpaired) electrons. The molecule has 5 heteroatoms. The van der Waals surface area contributed by atoms with E-state index in [1.165, 1.54) is 0 Å². The van der Waals surface area contributed by atoms with Gasteiger partial charge in [0.25, 0.3) is 0 Å². The van der Waals surface area contributed by atoms with Crippen LogP contribution in [0.2, 0.25) is 0 Å². The summed E-state index contributed by atoms with van der Waals surface area (Å²) in [4.78, 5) is 16.4. The van der Waals surface area contributed by atoms with Crippen molar-refractivity contribution in [1.29, 1.82) is 0 Å². The Labute approximate surface area is 52.1 Å². The molecule has 0 aliphatic rings. The third-order valence-corrected chi connectivity index (χ3v) is 2.06. The summed E-state index contributed by atoms with van der Waals surface area (Å²) in [5, 5.41) is -0.237. The molecule has 0 fully saturated rings. The van der Waals surface area contributed by atoms with Crippen LogP contribution in [0.1, 0.15) is 0 Å². The van der Waals surface area contributed by atoms with Crippen LogP contribution < -0.4 is 0 Å². The van der Waals surface area contributed by atoms with Gasteiger partial charge < -0.3 is 9.79 Å². The SMILES string of the molecule is C=C(CCl)P(=O)(O)O. The van der Waals surface area contributed by atoms with E-state index in [4.69, 9.17) is 21.4 Å². The Hall–Kier alpha value is 0.180. The number of halogens is 1. The summed E-state index contributed by atoms with van der Waals surface area (Å²) in [5.41, 5.74) is 0. The first-order valence-electron chi connectivity index (χ1n) is 1.78. The third-order valence-electron chi connectivity index (χ3n) is 0.566. The maximum Gasteiger partial charge on any atom is 0.352 e. The highest BCUT2D eigenvalue weighted by Gasteiger charge is 2.16.